The van der Waals surface area contributed by atoms with E-state index in [4.69, 9.17) is 11.5 Å². The minimum Gasteiger partial charge on any atom is -0.368 e. The lowest BCUT2D eigenvalue weighted by atomic mass is 9.78. The molecule has 0 aromatic carbocycles. The molecule has 9 heteroatoms. The van der Waals surface area contributed by atoms with Crippen molar-refractivity contribution in [1.29, 1.82) is 0 Å². The van der Waals surface area contributed by atoms with Gasteiger partial charge in [0.1, 0.15) is 12.1 Å². The molecule has 4 aliphatic rings. The highest BCUT2D eigenvalue weighted by atomic mass is 16.2. The molecule has 8 atom stereocenters. The van der Waals surface area contributed by atoms with E-state index in [1.54, 1.807) is 4.90 Å². The van der Waals surface area contributed by atoms with Crippen LogP contribution in [-0.2, 0) is 19.2 Å². The van der Waals surface area contributed by atoms with Crippen LogP contribution in [-0.4, -0.2) is 59.7 Å². The summed E-state index contributed by atoms with van der Waals surface area (Å²) in [5, 5.41) is 5.56. The van der Waals surface area contributed by atoms with E-state index in [-0.39, 0.29) is 36.0 Å². The number of rotatable bonds is 6. The Hall–Kier alpha value is -2.16. The second-order valence-corrected chi connectivity index (χ2v) is 11.3. The molecule has 2 saturated heterocycles. The lowest BCUT2D eigenvalue weighted by Crippen LogP contribution is -2.58. The molecule has 2 heterocycles. The fraction of sp³-hybridized carbons (Fsp3) is 0.826. The first-order valence-corrected chi connectivity index (χ1v) is 11.9. The van der Waals surface area contributed by atoms with Crippen molar-refractivity contribution in [3.05, 3.63) is 0 Å². The molecule has 2 aliphatic heterocycles. The summed E-state index contributed by atoms with van der Waals surface area (Å²) in [7, 11) is 0. The lowest BCUT2D eigenvalue weighted by molar-refractivity contribution is -0.143. The van der Waals surface area contributed by atoms with E-state index < -0.39 is 29.4 Å². The van der Waals surface area contributed by atoms with Crippen molar-refractivity contribution in [3.8, 4) is 0 Å². The SMILES string of the molecule is CC(C)(C)[C@H](N)C(=O)N1C[C@@H]2[C@@H]3CC[C@@H](C3)[C@@H]2[C@H]1C(=O)N[C@@H](C[C@@H]1CCNC1=O)C(N)=O. The van der Waals surface area contributed by atoms with E-state index in [2.05, 4.69) is 10.6 Å². The van der Waals surface area contributed by atoms with Crippen LogP contribution in [0.1, 0.15) is 52.9 Å². The van der Waals surface area contributed by atoms with Crippen molar-refractivity contribution in [2.24, 2.45) is 46.5 Å². The molecule has 4 fully saturated rings. The highest BCUT2D eigenvalue weighted by Gasteiger charge is 2.60. The minimum absolute atomic E-state index is 0.0909. The summed E-state index contributed by atoms with van der Waals surface area (Å²) in [6, 6.07) is -2.30. The third kappa shape index (κ3) is 4.00. The highest BCUT2D eigenvalue weighted by Crippen LogP contribution is 2.57. The molecule has 2 bridgehead atoms. The second kappa shape index (κ2) is 8.32. The van der Waals surface area contributed by atoms with Gasteiger partial charge in [-0.3, -0.25) is 19.2 Å². The van der Waals surface area contributed by atoms with E-state index >= 15 is 0 Å². The third-order valence-corrected chi connectivity index (χ3v) is 8.36. The first-order valence-electron chi connectivity index (χ1n) is 11.9. The van der Waals surface area contributed by atoms with E-state index in [1.165, 1.54) is 0 Å². The zero-order valence-corrected chi connectivity index (χ0v) is 19.3. The topological polar surface area (TPSA) is 148 Å². The summed E-state index contributed by atoms with van der Waals surface area (Å²) in [6.45, 7) is 6.85. The molecule has 0 spiro atoms. The molecule has 4 rings (SSSR count). The first-order chi connectivity index (χ1) is 15.0. The van der Waals surface area contributed by atoms with Gasteiger partial charge < -0.3 is 27.0 Å². The fourth-order valence-electron chi connectivity index (χ4n) is 6.52. The van der Waals surface area contributed by atoms with Crippen LogP contribution in [0.25, 0.3) is 0 Å². The van der Waals surface area contributed by atoms with Gasteiger partial charge in [0.05, 0.1) is 6.04 Å². The van der Waals surface area contributed by atoms with Crippen LogP contribution in [0, 0.1) is 35.0 Å². The smallest absolute Gasteiger partial charge is 0.243 e. The summed E-state index contributed by atoms with van der Waals surface area (Å²) in [6.07, 6.45) is 4.11. The molecule has 0 aromatic heterocycles. The van der Waals surface area contributed by atoms with Gasteiger partial charge in [0.15, 0.2) is 0 Å². The molecule has 2 aliphatic carbocycles. The number of carbonyl (C=O) groups is 4. The number of nitrogens with zero attached hydrogens (tertiary/aromatic N) is 1. The van der Waals surface area contributed by atoms with Crippen LogP contribution in [0.3, 0.4) is 0 Å². The summed E-state index contributed by atoms with van der Waals surface area (Å²) in [4.78, 5) is 52.7. The van der Waals surface area contributed by atoms with Crippen LogP contribution in [0.2, 0.25) is 0 Å². The number of primary amides is 1. The molecule has 2 saturated carbocycles. The lowest BCUT2D eigenvalue weighted by Gasteiger charge is -2.35. The summed E-state index contributed by atoms with van der Waals surface area (Å²) in [5.74, 6) is -0.341. The van der Waals surface area contributed by atoms with Gasteiger partial charge in [-0.1, -0.05) is 20.8 Å². The third-order valence-electron chi connectivity index (χ3n) is 8.36. The van der Waals surface area contributed by atoms with Gasteiger partial charge in [-0.25, -0.2) is 0 Å². The summed E-state index contributed by atoms with van der Waals surface area (Å²) in [5.41, 5.74) is 11.5. The second-order valence-electron chi connectivity index (χ2n) is 11.3. The minimum atomic E-state index is -0.942. The number of hydrogen-bond acceptors (Lipinski definition) is 5. The van der Waals surface area contributed by atoms with Crippen LogP contribution >= 0.6 is 0 Å². The zero-order chi connectivity index (χ0) is 23.4. The first kappa shape index (κ1) is 23.0. The quantitative estimate of drug-likeness (QED) is 0.442. The maximum Gasteiger partial charge on any atom is 0.243 e. The number of amides is 4. The zero-order valence-electron chi connectivity index (χ0n) is 19.3. The monoisotopic (exact) mass is 447 g/mol. The van der Waals surface area contributed by atoms with Crippen LogP contribution in [0.4, 0.5) is 0 Å². The molecule has 0 radical (unpaired) electrons. The van der Waals surface area contributed by atoms with Gasteiger partial charge in [-0.2, -0.15) is 0 Å². The molecule has 0 unspecified atom stereocenters. The fourth-order valence-corrected chi connectivity index (χ4v) is 6.52. The Morgan fingerprint density at radius 2 is 1.88 bits per heavy atom. The van der Waals surface area contributed by atoms with Crippen LogP contribution < -0.4 is 22.1 Å². The number of fused-ring (bicyclic) bond motifs is 5. The maximum absolute atomic E-state index is 13.6. The molecule has 0 aromatic rings. The Kier molecular flexibility index (Phi) is 5.98. The van der Waals surface area contributed by atoms with E-state index in [1.807, 2.05) is 20.8 Å². The Balaban J connectivity index is 1.55. The number of hydrogen-bond donors (Lipinski definition) is 4. The molecule has 4 amide bonds. The summed E-state index contributed by atoms with van der Waals surface area (Å²) >= 11 is 0. The van der Waals surface area contributed by atoms with Gasteiger partial charge in [0.2, 0.25) is 23.6 Å². The molecule has 9 nitrogen and oxygen atoms in total. The van der Waals surface area contributed by atoms with Crippen molar-refractivity contribution >= 4 is 23.6 Å². The average Bonchev–Trinajstić information content (AvgIpc) is 3.47. The maximum atomic E-state index is 13.6. The van der Waals surface area contributed by atoms with Gasteiger partial charge >= 0.3 is 0 Å². The molecule has 178 valence electrons. The Bertz CT molecular complexity index is 809. The number of carbonyl (C=O) groups excluding carboxylic acids is 4. The van der Waals surface area contributed by atoms with Gasteiger partial charge in [0, 0.05) is 19.0 Å². The normalized spacial score (nSPS) is 35.4. The van der Waals surface area contributed by atoms with Gasteiger partial charge in [0.25, 0.3) is 0 Å². The van der Waals surface area contributed by atoms with Gasteiger partial charge in [-0.05, 0) is 61.2 Å². The Labute approximate surface area is 189 Å². The largest absolute Gasteiger partial charge is 0.368 e. The van der Waals surface area contributed by atoms with Crippen molar-refractivity contribution in [2.45, 2.75) is 71.0 Å². The standard InChI is InChI=1S/C23H37N5O4/c1-23(2,3)18(24)22(32)28-10-14-11-4-5-12(8-11)16(14)17(28)21(31)27-15(19(25)29)9-13-6-7-26-20(13)30/h11-18H,4-10,24H2,1-3H3,(H2,25,29)(H,26,30)(H,27,31)/t11-,12+,13+,14-,15+,16+,17+,18-/m1/s1. The molecular weight excluding hydrogens is 410 g/mol. The molecule has 32 heavy (non-hydrogen) atoms. The van der Waals surface area contributed by atoms with E-state index in [9.17, 15) is 19.2 Å². The number of nitrogens with two attached hydrogens (primary N) is 2. The predicted molar refractivity (Wildman–Crippen MR) is 118 cm³/mol. The van der Waals surface area contributed by atoms with Crippen molar-refractivity contribution in [1.82, 2.24) is 15.5 Å². The van der Waals surface area contributed by atoms with Crippen molar-refractivity contribution in [3.63, 3.8) is 0 Å². The van der Waals surface area contributed by atoms with Crippen molar-refractivity contribution in [2.75, 3.05) is 13.1 Å². The van der Waals surface area contributed by atoms with Crippen molar-refractivity contribution < 1.29 is 19.2 Å². The summed E-state index contributed by atoms with van der Waals surface area (Å²) < 4.78 is 0. The Morgan fingerprint density at radius 1 is 1.19 bits per heavy atom. The molecule has 6 N–H and O–H groups in total. The van der Waals surface area contributed by atoms with Crippen LogP contribution in [0.15, 0.2) is 0 Å². The van der Waals surface area contributed by atoms with E-state index in [0.29, 0.717) is 37.3 Å². The number of nitrogens with one attached hydrogen (secondary N) is 2. The van der Waals surface area contributed by atoms with E-state index in [0.717, 1.165) is 19.3 Å². The highest BCUT2D eigenvalue weighted by molar-refractivity contribution is 5.94. The average molecular weight is 448 g/mol. The predicted octanol–water partition coefficient (Wildman–Crippen LogP) is -0.271. The molecular formula is C23H37N5O4. The van der Waals surface area contributed by atoms with Gasteiger partial charge in [-0.15, -0.1) is 0 Å². The van der Waals surface area contributed by atoms with Crippen LogP contribution in [0.5, 0.6) is 0 Å². The Morgan fingerprint density at radius 3 is 2.47 bits per heavy atom. The number of likely N-dealkylation sites (tertiary alicyclic amines) is 1.